The van der Waals surface area contributed by atoms with E-state index in [0.717, 1.165) is 11.4 Å². The topological polar surface area (TPSA) is 21.7 Å². The molecule has 0 spiro atoms. The predicted octanol–water partition coefficient (Wildman–Crippen LogP) is 2.53. The van der Waals surface area contributed by atoms with Crippen molar-refractivity contribution in [1.29, 1.82) is 0 Å². The predicted molar refractivity (Wildman–Crippen MR) is 60.2 cm³/mol. The van der Waals surface area contributed by atoms with Crippen molar-refractivity contribution in [2.45, 2.75) is 26.8 Å². The molecule has 0 fully saturated rings. The average molecular weight is 207 g/mol. The summed E-state index contributed by atoms with van der Waals surface area (Å²) in [4.78, 5) is 5.63. The van der Waals surface area contributed by atoms with Crippen molar-refractivity contribution >= 4 is 5.69 Å². The van der Waals surface area contributed by atoms with E-state index in [9.17, 15) is 0 Å². The summed E-state index contributed by atoms with van der Waals surface area (Å²) in [6, 6.07) is 6.42. The van der Waals surface area contributed by atoms with Crippen LogP contribution in [0.4, 0.5) is 5.69 Å². The summed E-state index contributed by atoms with van der Waals surface area (Å²) in [7, 11) is 0. The highest BCUT2D eigenvalue weighted by atomic mass is 16.7. The van der Waals surface area contributed by atoms with Gasteiger partial charge in [-0.15, -0.1) is 0 Å². The first-order valence-corrected chi connectivity index (χ1v) is 5.38. The minimum Gasteiger partial charge on any atom is -0.489 e. The van der Waals surface area contributed by atoms with Gasteiger partial charge in [0.15, 0.2) is 0 Å². The van der Waals surface area contributed by atoms with Crippen LogP contribution in [-0.2, 0) is 4.84 Å². The second-order valence-electron chi connectivity index (χ2n) is 3.87. The largest absolute Gasteiger partial charge is 0.489 e. The standard InChI is InChI=1S/C12H17NO2/c1-4-15-13-10(3)8-14-12-6-5-9(2)7-11(12)13/h5-7,10H,4,8H2,1-3H3. The van der Waals surface area contributed by atoms with Crippen molar-refractivity contribution in [3.63, 3.8) is 0 Å². The lowest BCUT2D eigenvalue weighted by molar-refractivity contribution is 0.0728. The highest BCUT2D eigenvalue weighted by Crippen LogP contribution is 2.34. The van der Waals surface area contributed by atoms with Crippen LogP contribution >= 0.6 is 0 Å². The molecule has 1 unspecified atom stereocenters. The fraction of sp³-hybridized carbons (Fsp3) is 0.500. The van der Waals surface area contributed by atoms with E-state index in [1.165, 1.54) is 5.56 Å². The van der Waals surface area contributed by atoms with E-state index < -0.39 is 0 Å². The van der Waals surface area contributed by atoms with Crippen LogP contribution in [0.3, 0.4) is 0 Å². The Bertz CT molecular complexity index is 351. The molecule has 0 bridgehead atoms. The van der Waals surface area contributed by atoms with Crippen molar-refractivity contribution < 1.29 is 9.57 Å². The molecule has 1 aromatic rings. The number of benzene rings is 1. The quantitative estimate of drug-likeness (QED) is 0.743. The van der Waals surface area contributed by atoms with Crippen LogP contribution in [0.15, 0.2) is 18.2 Å². The SMILES string of the molecule is CCON1c2cc(C)ccc2OCC1C. The van der Waals surface area contributed by atoms with Crippen molar-refractivity contribution in [2.24, 2.45) is 0 Å². The molecule has 1 aliphatic rings. The number of hydrogen-bond donors (Lipinski definition) is 0. The third-order valence-corrected chi connectivity index (χ3v) is 2.50. The second kappa shape index (κ2) is 4.11. The van der Waals surface area contributed by atoms with E-state index in [-0.39, 0.29) is 6.04 Å². The Balaban J connectivity index is 2.36. The Morgan fingerprint density at radius 2 is 2.33 bits per heavy atom. The molecule has 0 radical (unpaired) electrons. The Morgan fingerprint density at radius 1 is 1.53 bits per heavy atom. The maximum atomic E-state index is 5.65. The summed E-state index contributed by atoms with van der Waals surface area (Å²) in [5, 5.41) is 1.95. The molecular formula is C12H17NO2. The van der Waals surface area contributed by atoms with Gasteiger partial charge in [-0.1, -0.05) is 6.07 Å². The first-order valence-electron chi connectivity index (χ1n) is 5.38. The minimum absolute atomic E-state index is 0.263. The maximum absolute atomic E-state index is 5.65. The van der Waals surface area contributed by atoms with Gasteiger partial charge in [0.2, 0.25) is 0 Å². The van der Waals surface area contributed by atoms with Gasteiger partial charge in [-0.3, -0.25) is 4.84 Å². The molecule has 0 aromatic heterocycles. The van der Waals surface area contributed by atoms with E-state index in [2.05, 4.69) is 26.0 Å². The molecule has 0 saturated carbocycles. The lowest BCUT2D eigenvalue weighted by Gasteiger charge is -2.35. The Hall–Kier alpha value is -1.22. The zero-order chi connectivity index (χ0) is 10.8. The Kier molecular flexibility index (Phi) is 2.82. The molecule has 1 aromatic carbocycles. The molecule has 3 nitrogen and oxygen atoms in total. The monoisotopic (exact) mass is 207 g/mol. The lowest BCUT2D eigenvalue weighted by atomic mass is 10.1. The zero-order valence-corrected chi connectivity index (χ0v) is 9.49. The summed E-state index contributed by atoms with van der Waals surface area (Å²) < 4.78 is 5.65. The third-order valence-electron chi connectivity index (χ3n) is 2.50. The summed E-state index contributed by atoms with van der Waals surface area (Å²) in [6.45, 7) is 7.52. The minimum atomic E-state index is 0.263. The van der Waals surface area contributed by atoms with Crippen LogP contribution in [0, 0.1) is 6.92 Å². The molecule has 3 heteroatoms. The van der Waals surface area contributed by atoms with Gasteiger partial charge in [0.1, 0.15) is 18.0 Å². The number of aryl methyl sites for hydroxylation is 1. The molecule has 2 rings (SSSR count). The fourth-order valence-electron chi connectivity index (χ4n) is 1.77. The fourth-order valence-corrected chi connectivity index (χ4v) is 1.77. The van der Waals surface area contributed by atoms with Gasteiger partial charge in [0.25, 0.3) is 0 Å². The molecule has 0 amide bonds. The number of anilines is 1. The van der Waals surface area contributed by atoms with Gasteiger partial charge in [-0.25, -0.2) is 5.06 Å². The number of fused-ring (bicyclic) bond motifs is 1. The van der Waals surface area contributed by atoms with Gasteiger partial charge in [0.05, 0.1) is 12.6 Å². The van der Waals surface area contributed by atoms with Gasteiger partial charge >= 0.3 is 0 Å². The van der Waals surface area contributed by atoms with Gasteiger partial charge in [-0.2, -0.15) is 0 Å². The molecule has 0 N–H and O–H groups in total. The van der Waals surface area contributed by atoms with Gasteiger partial charge < -0.3 is 4.74 Å². The normalized spacial score (nSPS) is 19.7. The van der Waals surface area contributed by atoms with Crippen LogP contribution < -0.4 is 9.80 Å². The number of ether oxygens (including phenoxy) is 1. The molecule has 1 aliphatic heterocycles. The molecule has 0 aliphatic carbocycles. The molecular weight excluding hydrogens is 190 g/mol. The van der Waals surface area contributed by atoms with Crippen LogP contribution in [-0.4, -0.2) is 19.3 Å². The summed E-state index contributed by atoms with van der Waals surface area (Å²) in [5.41, 5.74) is 2.26. The molecule has 15 heavy (non-hydrogen) atoms. The zero-order valence-electron chi connectivity index (χ0n) is 9.49. The highest BCUT2D eigenvalue weighted by Gasteiger charge is 2.24. The van der Waals surface area contributed by atoms with E-state index >= 15 is 0 Å². The highest BCUT2D eigenvalue weighted by molar-refractivity contribution is 5.60. The van der Waals surface area contributed by atoms with E-state index in [1.807, 2.05) is 18.1 Å². The molecule has 1 heterocycles. The van der Waals surface area contributed by atoms with E-state index in [1.54, 1.807) is 0 Å². The summed E-state index contributed by atoms with van der Waals surface area (Å²) >= 11 is 0. The molecule has 1 atom stereocenters. The van der Waals surface area contributed by atoms with Gasteiger partial charge in [-0.05, 0) is 38.5 Å². The summed E-state index contributed by atoms with van der Waals surface area (Å²) in [6.07, 6.45) is 0. The first-order chi connectivity index (χ1) is 7.22. The number of hydroxylamine groups is 1. The van der Waals surface area contributed by atoms with Crippen molar-refractivity contribution in [3.8, 4) is 5.75 Å². The second-order valence-corrected chi connectivity index (χ2v) is 3.87. The lowest BCUT2D eigenvalue weighted by Crippen LogP contribution is -2.41. The number of nitrogens with zero attached hydrogens (tertiary/aromatic N) is 1. The average Bonchev–Trinajstić information content (AvgIpc) is 2.23. The van der Waals surface area contributed by atoms with E-state index in [4.69, 9.17) is 9.57 Å². The Morgan fingerprint density at radius 3 is 3.07 bits per heavy atom. The van der Waals surface area contributed by atoms with Crippen molar-refractivity contribution in [1.82, 2.24) is 0 Å². The first kappa shape index (κ1) is 10.3. The molecule has 82 valence electrons. The van der Waals surface area contributed by atoms with Crippen LogP contribution in [0.1, 0.15) is 19.4 Å². The van der Waals surface area contributed by atoms with Crippen molar-refractivity contribution in [3.05, 3.63) is 23.8 Å². The number of hydrogen-bond acceptors (Lipinski definition) is 3. The third kappa shape index (κ3) is 1.92. The van der Waals surface area contributed by atoms with Gasteiger partial charge in [0, 0.05) is 0 Å². The maximum Gasteiger partial charge on any atom is 0.145 e. The number of rotatable bonds is 2. The van der Waals surface area contributed by atoms with Crippen LogP contribution in [0.5, 0.6) is 5.75 Å². The van der Waals surface area contributed by atoms with Crippen LogP contribution in [0.25, 0.3) is 0 Å². The molecule has 0 saturated heterocycles. The van der Waals surface area contributed by atoms with Crippen molar-refractivity contribution in [2.75, 3.05) is 18.3 Å². The summed E-state index contributed by atoms with van der Waals surface area (Å²) in [5.74, 6) is 0.909. The van der Waals surface area contributed by atoms with E-state index in [0.29, 0.717) is 13.2 Å². The van der Waals surface area contributed by atoms with Crippen LogP contribution in [0.2, 0.25) is 0 Å². The smallest absolute Gasteiger partial charge is 0.145 e. The Labute approximate surface area is 90.6 Å².